The first-order valence-electron chi connectivity index (χ1n) is 5.35. The predicted molar refractivity (Wildman–Crippen MR) is 56.1 cm³/mol. The van der Waals surface area contributed by atoms with Crippen LogP contribution in [0.2, 0.25) is 0 Å². The van der Waals surface area contributed by atoms with Gasteiger partial charge in [-0.15, -0.1) is 0 Å². The van der Waals surface area contributed by atoms with Gasteiger partial charge in [-0.2, -0.15) is 0 Å². The molecular weight excluding hydrogens is 180 g/mol. The number of hydrogen-bond donors (Lipinski definition) is 2. The van der Waals surface area contributed by atoms with Gasteiger partial charge in [-0.25, -0.2) is 4.79 Å². The molecular formula is C11H22O3. The summed E-state index contributed by atoms with van der Waals surface area (Å²) in [6.07, 6.45) is 1.71. The highest BCUT2D eigenvalue weighted by Crippen LogP contribution is 2.32. The first-order chi connectivity index (χ1) is 6.40. The van der Waals surface area contributed by atoms with Crippen molar-refractivity contribution in [3.63, 3.8) is 0 Å². The van der Waals surface area contributed by atoms with E-state index in [0.29, 0.717) is 19.3 Å². The minimum absolute atomic E-state index is 0.167. The Balaban J connectivity index is 4.85. The molecule has 0 bridgehead atoms. The van der Waals surface area contributed by atoms with Crippen LogP contribution in [0.1, 0.15) is 47.0 Å². The van der Waals surface area contributed by atoms with Crippen molar-refractivity contribution in [1.82, 2.24) is 0 Å². The fourth-order valence-electron chi connectivity index (χ4n) is 2.19. The van der Waals surface area contributed by atoms with Crippen LogP contribution in [0.4, 0.5) is 0 Å². The molecule has 0 spiro atoms. The number of rotatable bonds is 6. The molecule has 0 heterocycles. The second kappa shape index (κ2) is 5.35. The lowest BCUT2D eigenvalue weighted by Gasteiger charge is -2.34. The topological polar surface area (TPSA) is 57.5 Å². The van der Waals surface area contributed by atoms with Crippen LogP contribution >= 0.6 is 0 Å². The molecule has 0 aliphatic carbocycles. The molecule has 0 fully saturated rings. The molecule has 3 nitrogen and oxygen atoms in total. The summed E-state index contributed by atoms with van der Waals surface area (Å²) in [6.45, 7) is 7.73. The standard InChI is InChI=1S/C11H22O3/c1-5-7-11(14,10(12)13)9(6-2)8(3)4/h8-9,14H,5-7H2,1-4H3,(H,12,13). The highest BCUT2D eigenvalue weighted by molar-refractivity contribution is 5.77. The van der Waals surface area contributed by atoms with E-state index in [0.717, 1.165) is 0 Å². The summed E-state index contributed by atoms with van der Waals surface area (Å²) in [5.74, 6) is -1.06. The van der Waals surface area contributed by atoms with E-state index in [1.165, 1.54) is 0 Å². The van der Waals surface area contributed by atoms with E-state index in [1.807, 2.05) is 27.7 Å². The molecule has 0 aromatic carbocycles. The zero-order valence-electron chi connectivity index (χ0n) is 9.58. The van der Waals surface area contributed by atoms with E-state index >= 15 is 0 Å². The lowest BCUT2D eigenvalue weighted by molar-refractivity contribution is -0.168. The summed E-state index contributed by atoms with van der Waals surface area (Å²) in [5, 5.41) is 19.2. The van der Waals surface area contributed by atoms with Crippen LogP contribution in [0.25, 0.3) is 0 Å². The van der Waals surface area contributed by atoms with Gasteiger partial charge in [-0.05, 0) is 18.8 Å². The van der Waals surface area contributed by atoms with E-state index in [4.69, 9.17) is 5.11 Å². The number of carboxylic acids is 1. The van der Waals surface area contributed by atoms with Gasteiger partial charge < -0.3 is 10.2 Å². The number of carbonyl (C=O) groups is 1. The molecule has 0 radical (unpaired) electrons. The van der Waals surface area contributed by atoms with E-state index in [1.54, 1.807) is 0 Å². The summed E-state index contributed by atoms with van der Waals surface area (Å²) in [4.78, 5) is 11.1. The van der Waals surface area contributed by atoms with Crippen molar-refractivity contribution < 1.29 is 15.0 Å². The van der Waals surface area contributed by atoms with Crippen molar-refractivity contribution in [2.45, 2.75) is 52.6 Å². The average molecular weight is 202 g/mol. The quantitative estimate of drug-likeness (QED) is 0.694. The molecule has 2 unspecified atom stereocenters. The molecule has 84 valence electrons. The average Bonchev–Trinajstić information content (AvgIpc) is 2.04. The van der Waals surface area contributed by atoms with E-state index < -0.39 is 11.6 Å². The molecule has 14 heavy (non-hydrogen) atoms. The van der Waals surface area contributed by atoms with Crippen molar-refractivity contribution in [3.8, 4) is 0 Å². The SMILES string of the molecule is CCCC(O)(C(=O)O)C(CC)C(C)C. The summed E-state index contributed by atoms with van der Waals surface area (Å²) in [7, 11) is 0. The van der Waals surface area contributed by atoms with Crippen molar-refractivity contribution in [3.05, 3.63) is 0 Å². The Kier molecular flexibility index (Phi) is 5.13. The monoisotopic (exact) mass is 202 g/mol. The third-order valence-electron chi connectivity index (χ3n) is 2.86. The maximum absolute atomic E-state index is 11.1. The van der Waals surface area contributed by atoms with E-state index in [-0.39, 0.29) is 11.8 Å². The molecule has 0 aliphatic rings. The van der Waals surface area contributed by atoms with Crippen molar-refractivity contribution in [1.29, 1.82) is 0 Å². The fourth-order valence-corrected chi connectivity index (χ4v) is 2.19. The van der Waals surface area contributed by atoms with Crippen LogP contribution in [0, 0.1) is 11.8 Å². The molecule has 0 aliphatic heterocycles. The van der Waals surface area contributed by atoms with Gasteiger partial charge >= 0.3 is 5.97 Å². The molecule has 0 amide bonds. The zero-order chi connectivity index (χ0) is 11.4. The number of aliphatic carboxylic acids is 1. The molecule has 0 rings (SSSR count). The lowest BCUT2D eigenvalue weighted by atomic mass is 9.75. The first-order valence-corrected chi connectivity index (χ1v) is 5.35. The van der Waals surface area contributed by atoms with E-state index in [2.05, 4.69) is 0 Å². The Morgan fingerprint density at radius 1 is 1.36 bits per heavy atom. The van der Waals surface area contributed by atoms with Crippen molar-refractivity contribution in [2.24, 2.45) is 11.8 Å². The first kappa shape index (κ1) is 13.4. The van der Waals surface area contributed by atoms with Crippen LogP contribution in [-0.4, -0.2) is 21.8 Å². The zero-order valence-corrected chi connectivity index (χ0v) is 9.58. The Morgan fingerprint density at radius 3 is 2.07 bits per heavy atom. The third-order valence-corrected chi connectivity index (χ3v) is 2.86. The van der Waals surface area contributed by atoms with Crippen LogP contribution in [0.5, 0.6) is 0 Å². The second-order valence-electron chi connectivity index (χ2n) is 4.24. The minimum atomic E-state index is -1.54. The van der Waals surface area contributed by atoms with Crippen molar-refractivity contribution in [2.75, 3.05) is 0 Å². The highest BCUT2D eigenvalue weighted by atomic mass is 16.4. The minimum Gasteiger partial charge on any atom is -0.479 e. The molecule has 0 aromatic rings. The van der Waals surface area contributed by atoms with Gasteiger partial charge in [0.15, 0.2) is 5.60 Å². The van der Waals surface area contributed by atoms with Crippen LogP contribution in [0.15, 0.2) is 0 Å². The van der Waals surface area contributed by atoms with Gasteiger partial charge in [0, 0.05) is 5.92 Å². The van der Waals surface area contributed by atoms with Gasteiger partial charge in [-0.3, -0.25) is 0 Å². The molecule has 0 aromatic heterocycles. The summed E-state index contributed by atoms with van der Waals surface area (Å²) in [5.41, 5.74) is -1.54. The largest absolute Gasteiger partial charge is 0.479 e. The summed E-state index contributed by atoms with van der Waals surface area (Å²) >= 11 is 0. The number of carboxylic acid groups (broad SMARTS) is 1. The molecule has 3 heteroatoms. The smallest absolute Gasteiger partial charge is 0.335 e. The van der Waals surface area contributed by atoms with Crippen molar-refractivity contribution >= 4 is 5.97 Å². The molecule has 0 saturated heterocycles. The van der Waals surface area contributed by atoms with Gasteiger partial charge in [-0.1, -0.05) is 34.1 Å². The second-order valence-corrected chi connectivity index (χ2v) is 4.24. The van der Waals surface area contributed by atoms with Gasteiger partial charge in [0.2, 0.25) is 0 Å². The van der Waals surface area contributed by atoms with Gasteiger partial charge in [0.1, 0.15) is 0 Å². The maximum Gasteiger partial charge on any atom is 0.335 e. The van der Waals surface area contributed by atoms with Crippen LogP contribution < -0.4 is 0 Å². The Morgan fingerprint density at radius 2 is 1.86 bits per heavy atom. The summed E-state index contributed by atoms with van der Waals surface area (Å²) in [6, 6.07) is 0. The maximum atomic E-state index is 11.1. The third kappa shape index (κ3) is 2.71. The molecule has 2 atom stereocenters. The Bertz CT molecular complexity index is 189. The highest BCUT2D eigenvalue weighted by Gasteiger charge is 2.43. The number of aliphatic hydroxyl groups is 1. The van der Waals surface area contributed by atoms with Gasteiger partial charge in [0.05, 0.1) is 0 Å². The lowest BCUT2D eigenvalue weighted by Crippen LogP contribution is -2.47. The van der Waals surface area contributed by atoms with Gasteiger partial charge in [0.25, 0.3) is 0 Å². The molecule has 0 saturated carbocycles. The van der Waals surface area contributed by atoms with Crippen LogP contribution in [0.3, 0.4) is 0 Å². The normalized spacial score (nSPS) is 17.9. The predicted octanol–water partition coefficient (Wildman–Crippen LogP) is 2.28. The van der Waals surface area contributed by atoms with E-state index in [9.17, 15) is 9.90 Å². The van der Waals surface area contributed by atoms with Crippen LogP contribution in [-0.2, 0) is 4.79 Å². The Hall–Kier alpha value is -0.570. The molecule has 2 N–H and O–H groups in total. The fraction of sp³-hybridized carbons (Fsp3) is 0.909. The summed E-state index contributed by atoms with van der Waals surface area (Å²) < 4.78 is 0. The Labute approximate surface area is 86.1 Å². The number of hydrogen-bond acceptors (Lipinski definition) is 2.